The van der Waals surface area contributed by atoms with Crippen molar-refractivity contribution in [2.45, 2.75) is 13.5 Å². The van der Waals surface area contributed by atoms with Gasteiger partial charge in [0.15, 0.2) is 5.78 Å². The van der Waals surface area contributed by atoms with Crippen molar-refractivity contribution in [3.8, 4) is 0 Å². The van der Waals surface area contributed by atoms with Crippen LogP contribution in [0, 0.1) is 17.0 Å². The second kappa shape index (κ2) is 7.97. The van der Waals surface area contributed by atoms with Crippen LogP contribution in [0.15, 0.2) is 60.7 Å². The van der Waals surface area contributed by atoms with Crippen molar-refractivity contribution >= 4 is 29.1 Å². The second-order valence-electron chi connectivity index (χ2n) is 5.94. The predicted molar refractivity (Wildman–Crippen MR) is 104 cm³/mol. The fourth-order valence-electron chi connectivity index (χ4n) is 2.65. The van der Waals surface area contributed by atoms with Gasteiger partial charge in [-0.15, -0.1) is 0 Å². The fourth-order valence-corrected chi connectivity index (χ4v) is 2.94. The molecule has 0 unspecified atom stereocenters. The smallest absolute Gasteiger partial charge is 0.270 e. The molecule has 0 saturated heterocycles. The van der Waals surface area contributed by atoms with Crippen LogP contribution in [0.3, 0.4) is 0 Å². The molecule has 1 heterocycles. The number of halogens is 1. The zero-order valence-electron chi connectivity index (χ0n) is 14.5. The highest BCUT2D eigenvalue weighted by Crippen LogP contribution is 2.23. The maximum Gasteiger partial charge on any atom is 0.270 e. The molecule has 0 N–H and O–H groups in total. The molecule has 3 rings (SSSR count). The number of nitrogens with zero attached hydrogens (tertiary/aromatic N) is 3. The molecule has 6 nitrogen and oxygen atoms in total. The summed E-state index contributed by atoms with van der Waals surface area (Å²) in [4.78, 5) is 22.6. The van der Waals surface area contributed by atoms with Crippen LogP contribution in [0.25, 0.3) is 6.08 Å². The number of carbonyl (C=O) groups excluding carboxylic acids is 1. The van der Waals surface area contributed by atoms with Gasteiger partial charge in [0.25, 0.3) is 5.69 Å². The van der Waals surface area contributed by atoms with Crippen LogP contribution in [0.1, 0.15) is 27.2 Å². The summed E-state index contributed by atoms with van der Waals surface area (Å²) in [6.07, 6.45) is 2.94. The highest BCUT2D eigenvalue weighted by atomic mass is 35.5. The second-order valence-corrected chi connectivity index (χ2v) is 6.30. The number of aromatic nitrogens is 2. The minimum atomic E-state index is -0.533. The SMILES string of the molecule is Cc1nn(Cc2ccccc2)c(Cl)c1/C=C/C(=O)c1cccc([N+](=O)[O-])c1. The largest absolute Gasteiger partial charge is 0.289 e. The molecule has 2 aromatic carbocycles. The zero-order chi connectivity index (χ0) is 19.4. The summed E-state index contributed by atoms with van der Waals surface area (Å²) in [5.74, 6) is -0.343. The quantitative estimate of drug-likeness (QED) is 0.268. The average Bonchev–Trinajstić information content (AvgIpc) is 2.93. The minimum absolute atomic E-state index is 0.126. The summed E-state index contributed by atoms with van der Waals surface area (Å²) in [6, 6.07) is 15.4. The van der Waals surface area contributed by atoms with Gasteiger partial charge in [0.1, 0.15) is 5.15 Å². The molecule has 1 aromatic heterocycles. The first-order valence-corrected chi connectivity index (χ1v) is 8.57. The molecule has 0 aliphatic rings. The third kappa shape index (κ3) is 4.30. The Labute approximate surface area is 160 Å². The van der Waals surface area contributed by atoms with E-state index in [1.165, 1.54) is 30.3 Å². The van der Waals surface area contributed by atoms with E-state index >= 15 is 0 Å². The Bertz CT molecular complexity index is 1030. The third-order valence-corrected chi connectivity index (χ3v) is 4.43. The average molecular weight is 382 g/mol. The lowest BCUT2D eigenvalue weighted by molar-refractivity contribution is -0.384. The molecule has 0 atom stereocenters. The van der Waals surface area contributed by atoms with E-state index in [1.807, 2.05) is 37.3 Å². The molecule has 0 aliphatic heterocycles. The lowest BCUT2D eigenvalue weighted by Gasteiger charge is -2.03. The number of hydrogen-bond donors (Lipinski definition) is 0. The lowest BCUT2D eigenvalue weighted by Crippen LogP contribution is -2.01. The fraction of sp³-hybridized carbons (Fsp3) is 0.100. The Morgan fingerprint density at radius 1 is 1.22 bits per heavy atom. The highest BCUT2D eigenvalue weighted by molar-refractivity contribution is 6.31. The molecular weight excluding hydrogens is 366 g/mol. The van der Waals surface area contributed by atoms with Gasteiger partial charge in [0.05, 0.1) is 17.2 Å². The Morgan fingerprint density at radius 3 is 2.67 bits per heavy atom. The Kier molecular flexibility index (Phi) is 5.47. The molecule has 7 heteroatoms. The van der Waals surface area contributed by atoms with Gasteiger partial charge in [0.2, 0.25) is 0 Å². The van der Waals surface area contributed by atoms with Crippen molar-refractivity contribution in [2.24, 2.45) is 0 Å². The Balaban J connectivity index is 1.82. The number of carbonyl (C=O) groups is 1. The monoisotopic (exact) mass is 381 g/mol. The molecule has 0 aliphatic carbocycles. The summed E-state index contributed by atoms with van der Waals surface area (Å²) in [5, 5.41) is 15.7. The first-order valence-electron chi connectivity index (χ1n) is 8.19. The number of aryl methyl sites for hydroxylation is 1. The molecule has 0 amide bonds. The van der Waals surface area contributed by atoms with E-state index in [0.717, 1.165) is 5.56 Å². The number of allylic oxidation sites excluding steroid dienone is 1. The van der Waals surface area contributed by atoms with Gasteiger partial charge in [0, 0.05) is 23.3 Å². The zero-order valence-corrected chi connectivity index (χ0v) is 15.3. The van der Waals surface area contributed by atoms with Gasteiger partial charge < -0.3 is 0 Å². The topological polar surface area (TPSA) is 78.0 Å². The van der Waals surface area contributed by atoms with Gasteiger partial charge in [-0.2, -0.15) is 5.10 Å². The summed E-state index contributed by atoms with van der Waals surface area (Å²) >= 11 is 6.42. The number of nitro groups is 1. The molecule has 0 radical (unpaired) electrons. The summed E-state index contributed by atoms with van der Waals surface area (Å²) in [6.45, 7) is 2.33. The third-order valence-electron chi connectivity index (χ3n) is 4.03. The van der Waals surface area contributed by atoms with Gasteiger partial charge >= 0.3 is 0 Å². The lowest BCUT2D eigenvalue weighted by atomic mass is 10.1. The molecule has 136 valence electrons. The first-order chi connectivity index (χ1) is 13.0. The molecule has 0 bridgehead atoms. The standard InChI is InChI=1S/C20H16ClN3O3/c1-14-18(20(21)23(22-14)13-15-6-3-2-4-7-15)10-11-19(25)16-8-5-9-17(12-16)24(26)27/h2-12H,13H2,1H3/b11-10+. The number of non-ortho nitro benzene ring substituents is 1. The van der Waals surface area contributed by atoms with Gasteiger partial charge in [-0.3, -0.25) is 14.9 Å². The maximum atomic E-state index is 12.3. The van der Waals surface area contributed by atoms with Crippen molar-refractivity contribution in [2.75, 3.05) is 0 Å². The Hall–Kier alpha value is -3.25. The van der Waals surface area contributed by atoms with E-state index in [-0.39, 0.29) is 17.0 Å². The maximum absolute atomic E-state index is 12.3. The van der Waals surface area contributed by atoms with Crippen LogP contribution in [-0.2, 0) is 6.54 Å². The van der Waals surface area contributed by atoms with Crippen LogP contribution >= 0.6 is 11.6 Å². The summed E-state index contributed by atoms with van der Waals surface area (Å²) in [7, 11) is 0. The van der Waals surface area contributed by atoms with Crippen molar-refractivity contribution < 1.29 is 9.72 Å². The highest BCUT2D eigenvalue weighted by Gasteiger charge is 2.13. The van der Waals surface area contributed by atoms with Crippen LogP contribution < -0.4 is 0 Å². The van der Waals surface area contributed by atoms with Crippen molar-refractivity contribution in [1.82, 2.24) is 9.78 Å². The Morgan fingerprint density at radius 2 is 1.96 bits per heavy atom. The van der Waals surface area contributed by atoms with E-state index < -0.39 is 4.92 Å². The van der Waals surface area contributed by atoms with Crippen LogP contribution in [0.2, 0.25) is 5.15 Å². The van der Waals surface area contributed by atoms with Gasteiger partial charge in [-0.25, -0.2) is 4.68 Å². The number of benzene rings is 2. The van der Waals surface area contributed by atoms with Crippen molar-refractivity contribution in [3.63, 3.8) is 0 Å². The summed E-state index contributed by atoms with van der Waals surface area (Å²) < 4.78 is 1.67. The van der Waals surface area contributed by atoms with Crippen LogP contribution in [0.4, 0.5) is 5.69 Å². The summed E-state index contributed by atoms with van der Waals surface area (Å²) in [5.41, 5.74) is 2.51. The minimum Gasteiger partial charge on any atom is -0.289 e. The number of hydrogen-bond acceptors (Lipinski definition) is 4. The van der Waals surface area contributed by atoms with E-state index in [1.54, 1.807) is 10.8 Å². The van der Waals surface area contributed by atoms with E-state index in [4.69, 9.17) is 11.6 Å². The number of ketones is 1. The van der Waals surface area contributed by atoms with Crippen molar-refractivity contribution in [1.29, 1.82) is 0 Å². The molecule has 27 heavy (non-hydrogen) atoms. The van der Waals surface area contributed by atoms with Gasteiger partial charge in [-0.05, 0) is 24.6 Å². The van der Waals surface area contributed by atoms with E-state index in [9.17, 15) is 14.9 Å². The number of rotatable bonds is 6. The molecular formula is C20H16ClN3O3. The van der Waals surface area contributed by atoms with Crippen molar-refractivity contribution in [3.05, 3.63) is 98.3 Å². The first kappa shape index (κ1) is 18.5. The molecule has 0 spiro atoms. The molecule has 0 saturated carbocycles. The van der Waals surface area contributed by atoms with Gasteiger partial charge in [-0.1, -0.05) is 54.1 Å². The van der Waals surface area contributed by atoms with E-state index in [0.29, 0.717) is 23.0 Å². The normalized spacial score (nSPS) is 11.0. The predicted octanol–water partition coefficient (Wildman–Crippen LogP) is 4.70. The molecule has 0 fully saturated rings. The molecule has 3 aromatic rings. The number of nitro benzene ring substituents is 1. The van der Waals surface area contributed by atoms with E-state index in [2.05, 4.69) is 5.10 Å². The van der Waals surface area contributed by atoms with Crippen LogP contribution in [0.5, 0.6) is 0 Å². The van der Waals surface area contributed by atoms with Crippen LogP contribution in [-0.4, -0.2) is 20.5 Å².